The minimum absolute atomic E-state index is 0.574. The van der Waals surface area contributed by atoms with Gasteiger partial charge < -0.3 is 9.64 Å². The number of likely N-dealkylation sites (tertiary alicyclic amines) is 1. The molecule has 20 heavy (non-hydrogen) atoms. The van der Waals surface area contributed by atoms with Gasteiger partial charge >= 0.3 is 0 Å². The van der Waals surface area contributed by atoms with Crippen molar-refractivity contribution in [3.8, 4) is 0 Å². The van der Waals surface area contributed by atoms with Crippen LogP contribution in [0.25, 0.3) is 0 Å². The van der Waals surface area contributed by atoms with Gasteiger partial charge in [0.05, 0.1) is 13.2 Å². The minimum Gasteiger partial charge on any atom is -0.378 e. The molecule has 0 N–H and O–H groups in total. The number of hydrogen-bond donors (Lipinski definition) is 0. The molecule has 0 aliphatic carbocycles. The molecule has 4 heteroatoms. The first kappa shape index (κ1) is 13.8. The second-order valence-corrected chi connectivity index (χ2v) is 5.80. The molecule has 2 saturated heterocycles. The molecular formula is C16H25N3O. The molecular weight excluding hydrogens is 250 g/mol. The first-order valence-corrected chi connectivity index (χ1v) is 7.83. The lowest BCUT2D eigenvalue weighted by Crippen LogP contribution is -2.37. The van der Waals surface area contributed by atoms with E-state index in [0.717, 1.165) is 38.7 Å². The number of aromatic nitrogens is 1. The van der Waals surface area contributed by atoms with Gasteiger partial charge in [0.2, 0.25) is 0 Å². The van der Waals surface area contributed by atoms with E-state index in [1.165, 1.54) is 30.5 Å². The number of rotatable bonds is 3. The second-order valence-electron chi connectivity index (χ2n) is 5.80. The van der Waals surface area contributed by atoms with Crippen LogP contribution >= 0.6 is 0 Å². The van der Waals surface area contributed by atoms with Crippen molar-refractivity contribution >= 4 is 5.82 Å². The van der Waals surface area contributed by atoms with Crippen molar-refractivity contribution in [2.75, 3.05) is 44.3 Å². The van der Waals surface area contributed by atoms with E-state index in [9.17, 15) is 0 Å². The Morgan fingerprint density at radius 1 is 1.30 bits per heavy atom. The maximum Gasteiger partial charge on any atom is 0.131 e. The third-order valence-electron chi connectivity index (χ3n) is 4.54. The van der Waals surface area contributed by atoms with E-state index >= 15 is 0 Å². The molecule has 1 aromatic heterocycles. The van der Waals surface area contributed by atoms with E-state index in [2.05, 4.69) is 35.9 Å². The molecule has 0 radical (unpaired) electrons. The first-order valence-electron chi connectivity index (χ1n) is 7.83. The zero-order valence-corrected chi connectivity index (χ0v) is 12.6. The smallest absolute Gasteiger partial charge is 0.131 e. The second kappa shape index (κ2) is 6.10. The van der Waals surface area contributed by atoms with E-state index in [1.54, 1.807) is 0 Å². The summed E-state index contributed by atoms with van der Waals surface area (Å²) in [6.45, 7) is 10.3. The number of ether oxygens (including phenoxy) is 1. The molecule has 1 aromatic rings. The summed E-state index contributed by atoms with van der Waals surface area (Å²) in [5.41, 5.74) is 2.69. The Bertz CT molecular complexity index is 457. The lowest BCUT2D eigenvalue weighted by Gasteiger charge is -2.30. The van der Waals surface area contributed by atoms with Gasteiger partial charge in [-0.15, -0.1) is 0 Å². The summed E-state index contributed by atoms with van der Waals surface area (Å²) in [6, 6.07) is 2.92. The number of aryl methyl sites for hydroxylation is 1. The van der Waals surface area contributed by atoms with Crippen molar-refractivity contribution in [2.45, 2.75) is 32.7 Å². The summed E-state index contributed by atoms with van der Waals surface area (Å²) in [5.74, 6) is 1.14. The molecule has 0 spiro atoms. The molecule has 4 nitrogen and oxygen atoms in total. The number of pyridine rings is 1. The molecule has 2 aliphatic heterocycles. The van der Waals surface area contributed by atoms with Crippen LogP contribution in [0.1, 0.15) is 36.9 Å². The van der Waals surface area contributed by atoms with Crippen LogP contribution in [-0.4, -0.2) is 49.3 Å². The molecule has 110 valence electrons. The Labute approximate surface area is 121 Å². The maximum absolute atomic E-state index is 5.42. The molecule has 3 rings (SSSR count). The van der Waals surface area contributed by atoms with Gasteiger partial charge in [0.15, 0.2) is 0 Å². The van der Waals surface area contributed by atoms with Gasteiger partial charge in [0, 0.05) is 25.3 Å². The molecule has 2 aliphatic rings. The highest BCUT2D eigenvalue weighted by Crippen LogP contribution is 2.32. The summed E-state index contributed by atoms with van der Waals surface area (Å²) in [7, 11) is 0. The fraction of sp³-hybridized carbons (Fsp3) is 0.688. The molecule has 0 amide bonds. The van der Waals surface area contributed by atoms with Crippen LogP contribution in [0.5, 0.6) is 0 Å². The van der Waals surface area contributed by atoms with Gasteiger partial charge in [-0.2, -0.15) is 0 Å². The largest absolute Gasteiger partial charge is 0.378 e. The minimum atomic E-state index is 0.574. The predicted molar refractivity (Wildman–Crippen MR) is 81.2 cm³/mol. The Morgan fingerprint density at radius 3 is 2.80 bits per heavy atom. The van der Waals surface area contributed by atoms with Crippen LogP contribution in [0.2, 0.25) is 0 Å². The van der Waals surface area contributed by atoms with E-state index < -0.39 is 0 Å². The molecule has 1 unspecified atom stereocenters. The Kier molecular flexibility index (Phi) is 4.22. The Balaban J connectivity index is 1.80. The predicted octanol–water partition coefficient (Wildman–Crippen LogP) is 2.38. The highest BCUT2D eigenvalue weighted by atomic mass is 16.5. The normalized spacial score (nSPS) is 24.3. The maximum atomic E-state index is 5.42. The molecule has 1 atom stereocenters. The molecule has 2 fully saturated rings. The standard InChI is InChI=1S/C16H25N3O/c1-3-18-6-4-5-15(18)14-11-13(2)16(17-12-14)19-7-9-20-10-8-19/h11-12,15H,3-10H2,1-2H3. The first-order chi connectivity index (χ1) is 9.79. The van der Waals surface area contributed by atoms with Crippen LogP contribution in [-0.2, 0) is 4.74 Å². The number of nitrogens with zero attached hydrogens (tertiary/aromatic N) is 3. The SMILES string of the molecule is CCN1CCCC1c1cnc(N2CCOCC2)c(C)c1. The van der Waals surface area contributed by atoms with Crippen LogP contribution in [0.15, 0.2) is 12.3 Å². The average Bonchev–Trinajstić information content (AvgIpc) is 2.96. The zero-order chi connectivity index (χ0) is 13.9. The van der Waals surface area contributed by atoms with Crippen LogP contribution in [0, 0.1) is 6.92 Å². The van der Waals surface area contributed by atoms with Crippen LogP contribution < -0.4 is 4.90 Å². The fourth-order valence-electron chi connectivity index (χ4n) is 3.46. The molecule has 3 heterocycles. The lowest BCUT2D eigenvalue weighted by atomic mass is 10.0. The zero-order valence-electron chi connectivity index (χ0n) is 12.6. The highest BCUT2D eigenvalue weighted by molar-refractivity contribution is 5.48. The lowest BCUT2D eigenvalue weighted by molar-refractivity contribution is 0.122. The van der Waals surface area contributed by atoms with E-state index in [0.29, 0.717) is 6.04 Å². The van der Waals surface area contributed by atoms with Gasteiger partial charge in [0.1, 0.15) is 5.82 Å². The van der Waals surface area contributed by atoms with E-state index in [-0.39, 0.29) is 0 Å². The molecule has 0 aromatic carbocycles. The summed E-state index contributed by atoms with van der Waals surface area (Å²) in [5, 5.41) is 0. The summed E-state index contributed by atoms with van der Waals surface area (Å²) >= 11 is 0. The Morgan fingerprint density at radius 2 is 2.10 bits per heavy atom. The van der Waals surface area contributed by atoms with Crippen molar-refractivity contribution in [1.82, 2.24) is 9.88 Å². The summed E-state index contributed by atoms with van der Waals surface area (Å²) in [4.78, 5) is 9.66. The number of anilines is 1. The Hall–Kier alpha value is -1.13. The monoisotopic (exact) mass is 275 g/mol. The van der Waals surface area contributed by atoms with Crippen molar-refractivity contribution in [3.63, 3.8) is 0 Å². The third-order valence-corrected chi connectivity index (χ3v) is 4.54. The van der Waals surface area contributed by atoms with Crippen molar-refractivity contribution < 1.29 is 4.74 Å². The van der Waals surface area contributed by atoms with E-state index in [4.69, 9.17) is 9.72 Å². The average molecular weight is 275 g/mol. The van der Waals surface area contributed by atoms with Crippen molar-refractivity contribution in [1.29, 1.82) is 0 Å². The van der Waals surface area contributed by atoms with Gasteiger partial charge in [-0.25, -0.2) is 4.98 Å². The van der Waals surface area contributed by atoms with Crippen LogP contribution in [0.3, 0.4) is 0 Å². The van der Waals surface area contributed by atoms with Gasteiger partial charge in [-0.3, -0.25) is 4.90 Å². The highest BCUT2D eigenvalue weighted by Gasteiger charge is 2.25. The summed E-state index contributed by atoms with van der Waals surface area (Å²) < 4.78 is 5.42. The topological polar surface area (TPSA) is 28.6 Å². The quantitative estimate of drug-likeness (QED) is 0.847. The van der Waals surface area contributed by atoms with Crippen molar-refractivity contribution in [2.24, 2.45) is 0 Å². The van der Waals surface area contributed by atoms with Gasteiger partial charge in [-0.05, 0) is 50.0 Å². The molecule has 0 saturated carbocycles. The van der Waals surface area contributed by atoms with Crippen molar-refractivity contribution in [3.05, 3.63) is 23.4 Å². The van der Waals surface area contributed by atoms with Gasteiger partial charge in [0.25, 0.3) is 0 Å². The van der Waals surface area contributed by atoms with E-state index in [1.807, 2.05) is 0 Å². The van der Waals surface area contributed by atoms with Crippen LogP contribution in [0.4, 0.5) is 5.82 Å². The number of morpholine rings is 1. The van der Waals surface area contributed by atoms with Gasteiger partial charge in [-0.1, -0.05) is 6.92 Å². The fourth-order valence-corrected chi connectivity index (χ4v) is 3.46. The summed E-state index contributed by atoms with van der Waals surface area (Å²) in [6.07, 6.45) is 4.67. The third kappa shape index (κ3) is 2.67. The molecule has 0 bridgehead atoms. The number of hydrogen-bond acceptors (Lipinski definition) is 4.